The van der Waals surface area contributed by atoms with Gasteiger partial charge in [0.05, 0.1) is 14.0 Å². The standard InChI is InChI=1S/C16H8Br2Cl2N2O2S2/c17-9-4-7(5-10(18)13(9)23)21-16(25)22-15(24)14-12(20)8-2-1-6(19)3-11(8)26-14/h1-5,23H,(H2,21,22,24,25). The lowest BCUT2D eigenvalue weighted by Crippen LogP contribution is -2.33. The van der Waals surface area contributed by atoms with Crippen LogP contribution in [0.2, 0.25) is 10.0 Å². The lowest BCUT2D eigenvalue weighted by molar-refractivity contribution is 0.0982. The van der Waals surface area contributed by atoms with Crippen molar-refractivity contribution in [2.45, 2.75) is 0 Å². The largest absolute Gasteiger partial charge is 0.506 e. The van der Waals surface area contributed by atoms with Gasteiger partial charge in [-0.3, -0.25) is 10.1 Å². The van der Waals surface area contributed by atoms with Crippen molar-refractivity contribution >= 4 is 105 Å². The molecule has 0 spiro atoms. The summed E-state index contributed by atoms with van der Waals surface area (Å²) in [4.78, 5) is 12.9. The monoisotopic (exact) mass is 552 g/mol. The molecule has 1 amide bonds. The summed E-state index contributed by atoms with van der Waals surface area (Å²) in [6, 6.07) is 8.51. The highest BCUT2D eigenvalue weighted by Crippen LogP contribution is 2.37. The highest BCUT2D eigenvalue weighted by molar-refractivity contribution is 9.11. The van der Waals surface area contributed by atoms with Gasteiger partial charge in [0.2, 0.25) is 0 Å². The number of aromatic hydroxyl groups is 1. The lowest BCUT2D eigenvalue weighted by Gasteiger charge is -2.11. The Bertz CT molecular complexity index is 1030. The molecular weight excluding hydrogens is 547 g/mol. The molecule has 1 aromatic heterocycles. The number of anilines is 1. The number of phenols is 1. The van der Waals surface area contributed by atoms with Gasteiger partial charge in [0.1, 0.15) is 10.6 Å². The van der Waals surface area contributed by atoms with E-state index in [1.807, 2.05) is 0 Å². The molecule has 4 nitrogen and oxygen atoms in total. The number of halogens is 4. The molecule has 0 aliphatic carbocycles. The van der Waals surface area contributed by atoms with Crippen LogP contribution >= 0.6 is 78.6 Å². The molecule has 0 bridgehead atoms. The van der Waals surface area contributed by atoms with Crippen molar-refractivity contribution in [1.82, 2.24) is 5.32 Å². The Morgan fingerprint density at radius 2 is 1.81 bits per heavy atom. The molecule has 0 atom stereocenters. The number of benzene rings is 2. The summed E-state index contributed by atoms with van der Waals surface area (Å²) < 4.78 is 1.78. The second-order valence-electron chi connectivity index (χ2n) is 5.08. The number of phenolic OH excluding ortho intramolecular Hbond substituents is 1. The molecule has 0 radical (unpaired) electrons. The Kier molecular flexibility index (Phi) is 6.11. The van der Waals surface area contributed by atoms with Crippen molar-refractivity contribution in [2.75, 3.05) is 5.32 Å². The molecule has 3 rings (SSSR count). The summed E-state index contributed by atoms with van der Waals surface area (Å²) in [5.41, 5.74) is 0.584. The maximum atomic E-state index is 12.5. The van der Waals surface area contributed by atoms with Crippen LogP contribution < -0.4 is 10.6 Å². The van der Waals surface area contributed by atoms with Gasteiger partial charge in [-0.25, -0.2) is 0 Å². The van der Waals surface area contributed by atoms with Crippen LogP contribution in [0.1, 0.15) is 9.67 Å². The number of carbonyl (C=O) groups is 1. The summed E-state index contributed by atoms with van der Waals surface area (Å²) in [6.45, 7) is 0. The normalized spacial score (nSPS) is 10.8. The van der Waals surface area contributed by atoms with E-state index in [0.29, 0.717) is 29.6 Å². The molecule has 0 saturated carbocycles. The number of hydrogen-bond donors (Lipinski definition) is 3. The average molecular weight is 555 g/mol. The highest BCUT2D eigenvalue weighted by atomic mass is 79.9. The number of nitrogens with one attached hydrogen (secondary N) is 2. The van der Waals surface area contributed by atoms with Crippen LogP contribution in [-0.2, 0) is 0 Å². The van der Waals surface area contributed by atoms with Gasteiger partial charge in [0.15, 0.2) is 5.11 Å². The third-order valence-electron chi connectivity index (χ3n) is 3.30. The summed E-state index contributed by atoms with van der Waals surface area (Å²) in [5, 5.41) is 17.0. The summed E-state index contributed by atoms with van der Waals surface area (Å²) in [6.07, 6.45) is 0. The van der Waals surface area contributed by atoms with Crippen LogP contribution in [0, 0.1) is 0 Å². The first-order chi connectivity index (χ1) is 12.3. The van der Waals surface area contributed by atoms with E-state index in [1.165, 1.54) is 11.3 Å². The van der Waals surface area contributed by atoms with Crippen LogP contribution in [0.4, 0.5) is 5.69 Å². The zero-order valence-corrected chi connectivity index (χ0v) is 18.9. The van der Waals surface area contributed by atoms with Crippen molar-refractivity contribution in [3.63, 3.8) is 0 Å². The van der Waals surface area contributed by atoms with Crippen LogP contribution in [0.3, 0.4) is 0 Å². The molecule has 0 aliphatic rings. The van der Waals surface area contributed by atoms with Crippen molar-refractivity contribution in [1.29, 1.82) is 0 Å². The smallest absolute Gasteiger partial charge is 0.269 e. The van der Waals surface area contributed by atoms with Crippen LogP contribution in [-0.4, -0.2) is 16.1 Å². The maximum Gasteiger partial charge on any atom is 0.269 e. The van der Waals surface area contributed by atoms with E-state index >= 15 is 0 Å². The number of thiocarbonyl (C=S) groups is 1. The van der Waals surface area contributed by atoms with E-state index in [0.717, 1.165) is 10.1 Å². The molecule has 0 fully saturated rings. The Balaban J connectivity index is 1.78. The number of rotatable bonds is 2. The predicted octanol–water partition coefficient (Wildman–Crippen LogP) is 6.57. The van der Waals surface area contributed by atoms with Gasteiger partial charge in [-0.2, -0.15) is 0 Å². The highest BCUT2D eigenvalue weighted by Gasteiger charge is 2.18. The van der Waals surface area contributed by atoms with Gasteiger partial charge in [-0.15, -0.1) is 11.3 Å². The van der Waals surface area contributed by atoms with Gasteiger partial charge < -0.3 is 10.4 Å². The topological polar surface area (TPSA) is 61.4 Å². The first kappa shape index (κ1) is 19.9. The fourth-order valence-electron chi connectivity index (χ4n) is 2.14. The summed E-state index contributed by atoms with van der Waals surface area (Å²) in [7, 11) is 0. The second kappa shape index (κ2) is 8.00. The summed E-state index contributed by atoms with van der Waals surface area (Å²) >= 11 is 25.2. The molecule has 2 aromatic carbocycles. The molecule has 134 valence electrons. The van der Waals surface area contributed by atoms with E-state index in [-0.39, 0.29) is 10.9 Å². The third kappa shape index (κ3) is 4.16. The van der Waals surface area contributed by atoms with Crippen molar-refractivity contribution < 1.29 is 9.90 Å². The lowest BCUT2D eigenvalue weighted by atomic mass is 10.2. The molecule has 1 heterocycles. The molecule has 0 saturated heterocycles. The number of carbonyl (C=O) groups excluding carboxylic acids is 1. The van der Waals surface area contributed by atoms with Crippen molar-refractivity contribution in [2.24, 2.45) is 0 Å². The molecule has 0 unspecified atom stereocenters. The number of hydrogen-bond acceptors (Lipinski definition) is 4. The van der Waals surface area contributed by atoms with Gasteiger partial charge >= 0.3 is 0 Å². The molecule has 0 aliphatic heterocycles. The Labute approximate surface area is 184 Å². The Hall–Kier alpha value is -0.900. The number of fused-ring (bicyclic) bond motifs is 1. The summed E-state index contributed by atoms with van der Waals surface area (Å²) in [5.74, 6) is -0.344. The first-order valence-corrected chi connectivity index (χ1v) is 10.5. The van der Waals surface area contributed by atoms with Gasteiger partial charge in [0.25, 0.3) is 5.91 Å². The minimum atomic E-state index is -0.415. The SMILES string of the molecule is O=C(NC(=S)Nc1cc(Br)c(O)c(Br)c1)c1sc2cc(Cl)ccc2c1Cl. The van der Waals surface area contributed by atoms with Crippen LogP contribution in [0.25, 0.3) is 10.1 Å². The minimum Gasteiger partial charge on any atom is -0.506 e. The van der Waals surface area contributed by atoms with Gasteiger partial charge in [-0.05, 0) is 68.3 Å². The second-order valence-corrected chi connectivity index (χ2v) is 9.07. The molecule has 3 N–H and O–H groups in total. The van der Waals surface area contributed by atoms with E-state index in [9.17, 15) is 9.90 Å². The Morgan fingerprint density at radius 1 is 1.15 bits per heavy atom. The fourth-order valence-corrected chi connectivity index (χ4v) is 5.23. The molecule has 10 heteroatoms. The zero-order chi connectivity index (χ0) is 19.0. The van der Waals surface area contributed by atoms with Crippen LogP contribution in [0.5, 0.6) is 5.75 Å². The maximum absolute atomic E-state index is 12.5. The van der Waals surface area contributed by atoms with Crippen molar-refractivity contribution in [3.8, 4) is 5.75 Å². The van der Waals surface area contributed by atoms with E-state index in [4.69, 9.17) is 35.4 Å². The average Bonchev–Trinajstić information content (AvgIpc) is 2.88. The number of thiophene rings is 1. The Morgan fingerprint density at radius 3 is 2.46 bits per heavy atom. The molecular formula is C16H8Br2Cl2N2O2S2. The zero-order valence-electron chi connectivity index (χ0n) is 12.6. The van der Waals surface area contributed by atoms with Crippen molar-refractivity contribution in [3.05, 3.63) is 54.2 Å². The van der Waals surface area contributed by atoms with E-state index < -0.39 is 5.91 Å². The fraction of sp³-hybridized carbons (Fsp3) is 0. The number of amides is 1. The predicted molar refractivity (Wildman–Crippen MR) is 119 cm³/mol. The third-order valence-corrected chi connectivity index (χ3v) is 6.60. The molecule has 3 aromatic rings. The first-order valence-electron chi connectivity index (χ1n) is 6.94. The quantitative estimate of drug-likeness (QED) is 0.248. The van der Waals surface area contributed by atoms with E-state index in [1.54, 1.807) is 30.3 Å². The van der Waals surface area contributed by atoms with E-state index in [2.05, 4.69) is 42.5 Å². The van der Waals surface area contributed by atoms with Crippen LogP contribution in [0.15, 0.2) is 39.3 Å². The minimum absolute atomic E-state index is 0.0706. The van der Waals surface area contributed by atoms with Gasteiger partial charge in [-0.1, -0.05) is 29.3 Å². The van der Waals surface area contributed by atoms with Gasteiger partial charge in [0, 0.05) is 20.8 Å². The molecule has 26 heavy (non-hydrogen) atoms.